The van der Waals surface area contributed by atoms with Gasteiger partial charge in [0, 0.05) is 29.9 Å². The summed E-state index contributed by atoms with van der Waals surface area (Å²) >= 11 is 0. The van der Waals surface area contributed by atoms with Gasteiger partial charge in [0.25, 0.3) is 0 Å². The first-order valence-corrected chi connectivity index (χ1v) is 8.06. The van der Waals surface area contributed by atoms with E-state index in [1.54, 1.807) is 24.3 Å². The molecule has 0 bridgehead atoms. The van der Waals surface area contributed by atoms with Crippen LogP contribution in [-0.4, -0.2) is 31.3 Å². The van der Waals surface area contributed by atoms with Crippen molar-refractivity contribution in [2.45, 2.75) is 19.3 Å². The van der Waals surface area contributed by atoms with E-state index < -0.39 is 5.97 Å². The van der Waals surface area contributed by atoms with Gasteiger partial charge < -0.3 is 14.7 Å². The van der Waals surface area contributed by atoms with E-state index in [0.717, 1.165) is 38.0 Å². The Balaban J connectivity index is 2.14. The number of ether oxygens (including phenoxy) is 1. The van der Waals surface area contributed by atoms with E-state index in [-0.39, 0.29) is 11.4 Å². The SMILES string of the molecule is COc1ccc(F)c(-c2ccc(C(=O)O)cc2N2CCCCC2)c1. The van der Waals surface area contributed by atoms with Crippen molar-refractivity contribution < 1.29 is 19.0 Å². The molecule has 1 aliphatic rings. The van der Waals surface area contributed by atoms with Gasteiger partial charge in [-0.05, 0) is 49.6 Å². The molecule has 1 saturated heterocycles. The van der Waals surface area contributed by atoms with E-state index in [1.165, 1.54) is 19.2 Å². The van der Waals surface area contributed by atoms with Gasteiger partial charge in [0.05, 0.1) is 12.7 Å². The number of rotatable bonds is 4. The lowest BCUT2D eigenvalue weighted by atomic mass is 9.98. The van der Waals surface area contributed by atoms with Crippen LogP contribution in [-0.2, 0) is 0 Å². The van der Waals surface area contributed by atoms with Crippen molar-refractivity contribution in [1.82, 2.24) is 0 Å². The van der Waals surface area contributed by atoms with Crippen LogP contribution >= 0.6 is 0 Å². The molecule has 0 aromatic heterocycles. The molecular formula is C19H20FNO3. The van der Waals surface area contributed by atoms with Crippen molar-refractivity contribution in [2.75, 3.05) is 25.1 Å². The van der Waals surface area contributed by atoms with Gasteiger partial charge in [-0.15, -0.1) is 0 Å². The number of hydrogen-bond acceptors (Lipinski definition) is 3. The minimum absolute atomic E-state index is 0.211. The predicted octanol–water partition coefficient (Wildman–Crippen LogP) is 4.19. The van der Waals surface area contributed by atoms with Crippen molar-refractivity contribution in [1.29, 1.82) is 0 Å². The first-order valence-electron chi connectivity index (χ1n) is 8.06. The molecule has 126 valence electrons. The molecule has 0 amide bonds. The van der Waals surface area contributed by atoms with Crippen molar-refractivity contribution in [3.05, 3.63) is 47.8 Å². The molecule has 1 aliphatic heterocycles. The average Bonchev–Trinajstić information content (AvgIpc) is 2.62. The normalized spacial score (nSPS) is 14.5. The summed E-state index contributed by atoms with van der Waals surface area (Å²) in [6.07, 6.45) is 3.27. The third kappa shape index (κ3) is 3.20. The van der Waals surface area contributed by atoms with E-state index >= 15 is 0 Å². The zero-order chi connectivity index (χ0) is 17.1. The van der Waals surface area contributed by atoms with Crippen molar-refractivity contribution in [3.8, 4) is 16.9 Å². The van der Waals surface area contributed by atoms with Gasteiger partial charge in [0.2, 0.25) is 0 Å². The standard InChI is InChI=1S/C19H20FNO3/c1-24-14-6-8-17(20)16(12-14)15-7-5-13(19(22)23)11-18(15)21-9-3-2-4-10-21/h5-8,11-12H,2-4,9-10H2,1H3,(H,22,23). The largest absolute Gasteiger partial charge is 0.497 e. The van der Waals surface area contributed by atoms with Crippen LogP contribution in [0.1, 0.15) is 29.6 Å². The van der Waals surface area contributed by atoms with Crippen LogP contribution in [0.4, 0.5) is 10.1 Å². The first-order chi connectivity index (χ1) is 11.6. The molecule has 1 fully saturated rings. The number of benzene rings is 2. The number of halogens is 1. The molecule has 2 aromatic rings. The van der Waals surface area contributed by atoms with E-state index in [1.807, 2.05) is 0 Å². The number of nitrogens with zero attached hydrogens (tertiary/aromatic N) is 1. The van der Waals surface area contributed by atoms with E-state index in [9.17, 15) is 14.3 Å². The molecule has 5 heteroatoms. The van der Waals surface area contributed by atoms with Gasteiger partial charge in [-0.3, -0.25) is 0 Å². The molecule has 24 heavy (non-hydrogen) atoms. The van der Waals surface area contributed by atoms with Gasteiger partial charge in [-0.25, -0.2) is 9.18 Å². The lowest BCUT2D eigenvalue weighted by Crippen LogP contribution is -2.30. The number of carboxylic acids is 1. The molecule has 0 atom stereocenters. The number of aromatic carboxylic acids is 1. The highest BCUT2D eigenvalue weighted by atomic mass is 19.1. The second-order valence-electron chi connectivity index (χ2n) is 5.93. The second kappa shape index (κ2) is 6.91. The summed E-state index contributed by atoms with van der Waals surface area (Å²) in [7, 11) is 1.54. The molecular weight excluding hydrogens is 309 g/mol. The summed E-state index contributed by atoms with van der Waals surface area (Å²) in [4.78, 5) is 13.5. The molecule has 0 spiro atoms. The molecule has 2 aromatic carbocycles. The van der Waals surface area contributed by atoms with Crippen molar-refractivity contribution in [3.63, 3.8) is 0 Å². The van der Waals surface area contributed by atoms with Gasteiger partial charge >= 0.3 is 5.97 Å². The molecule has 1 heterocycles. The minimum Gasteiger partial charge on any atom is -0.497 e. The summed E-state index contributed by atoms with van der Waals surface area (Å²) in [6, 6.07) is 9.44. The van der Waals surface area contributed by atoms with Crippen molar-refractivity contribution in [2.24, 2.45) is 0 Å². The van der Waals surface area contributed by atoms with Crippen LogP contribution in [0.5, 0.6) is 5.75 Å². The highest BCUT2D eigenvalue weighted by molar-refractivity contribution is 5.92. The van der Waals surface area contributed by atoms with Crippen LogP contribution in [0.25, 0.3) is 11.1 Å². The Morgan fingerprint density at radius 2 is 1.83 bits per heavy atom. The number of hydrogen-bond donors (Lipinski definition) is 1. The zero-order valence-corrected chi connectivity index (χ0v) is 13.6. The molecule has 0 unspecified atom stereocenters. The van der Waals surface area contributed by atoms with Gasteiger partial charge in [0.1, 0.15) is 11.6 Å². The van der Waals surface area contributed by atoms with Gasteiger partial charge in [0.15, 0.2) is 0 Å². The molecule has 0 radical (unpaired) electrons. The fraction of sp³-hybridized carbons (Fsp3) is 0.316. The minimum atomic E-state index is -0.981. The Bertz CT molecular complexity index is 754. The Morgan fingerprint density at radius 3 is 2.50 bits per heavy atom. The number of methoxy groups -OCH3 is 1. The topological polar surface area (TPSA) is 49.8 Å². The van der Waals surface area contributed by atoms with Crippen LogP contribution in [0.15, 0.2) is 36.4 Å². The number of carboxylic acid groups (broad SMARTS) is 1. The van der Waals surface area contributed by atoms with Crippen LogP contribution in [0, 0.1) is 5.82 Å². The molecule has 4 nitrogen and oxygen atoms in total. The molecule has 0 saturated carbocycles. The van der Waals surface area contributed by atoms with Crippen LogP contribution in [0.2, 0.25) is 0 Å². The molecule has 3 rings (SSSR count). The lowest BCUT2D eigenvalue weighted by molar-refractivity contribution is 0.0697. The molecule has 1 N–H and O–H groups in total. The Morgan fingerprint density at radius 1 is 1.08 bits per heavy atom. The summed E-state index contributed by atoms with van der Waals surface area (Å²) in [5.41, 5.74) is 2.09. The average molecular weight is 329 g/mol. The van der Waals surface area contributed by atoms with Gasteiger partial charge in [-0.1, -0.05) is 6.07 Å². The summed E-state index contributed by atoms with van der Waals surface area (Å²) in [5.74, 6) is -0.763. The van der Waals surface area contributed by atoms with Crippen LogP contribution < -0.4 is 9.64 Å². The maximum Gasteiger partial charge on any atom is 0.335 e. The smallest absolute Gasteiger partial charge is 0.335 e. The maximum atomic E-state index is 14.4. The second-order valence-corrected chi connectivity index (χ2v) is 5.93. The number of anilines is 1. The summed E-state index contributed by atoms with van der Waals surface area (Å²) < 4.78 is 19.6. The number of piperidine rings is 1. The summed E-state index contributed by atoms with van der Waals surface area (Å²) in [5, 5.41) is 9.29. The van der Waals surface area contributed by atoms with E-state index in [2.05, 4.69) is 4.90 Å². The van der Waals surface area contributed by atoms with Crippen molar-refractivity contribution >= 4 is 11.7 Å². The Hall–Kier alpha value is -2.56. The highest BCUT2D eigenvalue weighted by Crippen LogP contribution is 2.36. The fourth-order valence-electron chi connectivity index (χ4n) is 3.13. The van der Waals surface area contributed by atoms with E-state index in [4.69, 9.17) is 4.74 Å². The monoisotopic (exact) mass is 329 g/mol. The Labute approximate surface area is 140 Å². The first kappa shape index (κ1) is 16.3. The third-order valence-corrected chi connectivity index (χ3v) is 4.41. The maximum absolute atomic E-state index is 14.4. The predicted molar refractivity (Wildman–Crippen MR) is 91.4 cm³/mol. The fourth-order valence-corrected chi connectivity index (χ4v) is 3.13. The van der Waals surface area contributed by atoms with Crippen LogP contribution in [0.3, 0.4) is 0 Å². The van der Waals surface area contributed by atoms with Gasteiger partial charge in [-0.2, -0.15) is 0 Å². The lowest BCUT2D eigenvalue weighted by Gasteiger charge is -2.31. The quantitative estimate of drug-likeness (QED) is 0.914. The highest BCUT2D eigenvalue weighted by Gasteiger charge is 2.19. The third-order valence-electron chi connectivity index (χ3n) is 4.41. The van der Waals surface area contributed by atoms with E-state index in [0.29, 0.717) is 16.9 Å². The zero-order valence-electron chi connectivity index (χ0n) is 13.6. The molecule has 0 aliphatic carbocycles. The summed E-state index contributed by atoms with van der Waals surface area (Å²) in [6.45, 7) is 1.70. The number of carbonyl (C=O) groups is 1. The Kier molecular flexibility index (Phi) is 4.69.